The summed E-state index contributed by atoms with van der Waals surface area (Å²) < 4.78 is 0. The van der Waals surface area contributed by atoms with Crippen molar-refractivity contribution in [3.05, 3.63) is 11.6 Å². The highest BCUT2D eigenvalue weighted by Crippen LogP contribution is 2.39. The maximum atomic E-state index is 12.1. The first kappa shape index (κ1) is 13.1. The lowest BCUT2D eigenvalue weighted by atomic mass is 9.85. The summed E-state index contributed by atoms with van der Waals surface area (Å²) in [6, 6.07) is -0.365. The van der Waals surface area contributed by atoms with Crippen LogP contribution in [0.5, 0.6) is 0 Å². The summed E-state index contributed by atoms with van der Waals surface area (Å²) in [5.41, 5.74) is -0.898. The van der Waals surface area contributed by atoms with Gasteiger partial charge in [-0.25, -0.2) is 4.98 Å². The minimum absolute atomic E-state index is 0.103. The SMILES string of the molecule is CC1(C(=O)O)CCCC1NC(=O)c1n[nH]c(C2CC2)n1. The van der Waals surface area contributed by atoms with Crippen molar-refractivity contribution >= 4 is 11.9 Å². The van der Waals surface area contributed by atoms with Gasteiger partial charge < -0.3 is 10.4 Å². The first-order valence-corrected chi connectivity index (χ1v) is 6.97. The van der Waals surface area contributed by atoms with Gasteiger partial charge in [0.15, 0.2) is 0 Å². The van der Waals surface area contributed by atoms with E-state index >= 15 is 0 Å². The molecule has 20 heavy (non-hydrogen) atoms. The van der Waals surface area contributed by atoms with Crippen LogP contribution in [0.15, 0.2) is 0 Å². The van der Waals surface area contributed by atoms with Crippen molar-refractivity contribution in [3.8, 4) is 0 Å². The number of H-pyrrole nitrogens is 1. The van der Waals surface area contributed by atoms with E-state index in [1.165, 1.54) is 0 Å². The molecule has 1 heterocycles. The molecule has 3 N–H and O–H groups in total. The number of aromatic amines is 1. The van der Waals surface area contributed by atoms with Crippen molar-refractivity contribution in [1.82, 2.24) is 20.5 Å². The Hall–Kier alpha value is -1.92. The number of hydrogen-bond acceptors (Lipinski definition) is 4. The second kappa shape index (κ2) is 4.57. The quantitative estimate of drug-likeness (QED) is 0.763. The van der Waals surface area contributed by atoms with Crippen molar-refractivity contribution in [2.45, 2.75) is 51.0 Å². The van der Waals surface area contributed by atoms with Crippen LogP contribution in [-0.4, -0.2) is 38.2 Å². The van der Waals surface area contributed by atoms with Crippen molar-refractivity contribution in [1.29, 1.82) is 0 Å². The summed E-state index contributed by atoms with van der Waals surface area (Å²) in [5.74, 6) is -0.00426. The van der Waals surface area contributed by atoms with Crippen LogP contribution >= 0.6 is 0 Å². The molecule has 0 radical (unpaired) electrons. The van der Waals surface area contributed by atoms with Crippen molar-refractivity contribution in [3.63, 3.8) is 0 Å². The number of aromatic nitrogens is 3. The number of carbonyl (C=O) groups excluding carboxylic acids is 1. The van der Waals surface area contributed by atoms with Gasteiger partial charge in [-0.15, -0.1) is 5.10 Å². The van der Waals surface area contributed by atoms with Crippen LogP contribution in [0, 0.1) is 5.41 Å². The normalized spacial score (nSPS) is 29.4. The number of rotatable bonds is 4. The summed E-state index contributed by atoms with van der Waals surface area (Å²) in [6.07, 6.45) is 4.21. The molecule has 108 valence electrons. The molecule has 2 aliphatic carbocycles. The maximum Gasteiger partial charge on any atom is 0.311 e. The fourth-order valence-corrected chi connectivity index (χ4v) is 2.79. The average Bonchev–Trinajstić information content (AvgIpc) is 3.01. The lowest BCUT2D eigenvalue weighted by Gasteiger charge is -2.27. The van der Waals surface area contributed by atoms with Gasteiger partial charge in [-0.1, -0.05) is 6.42 Å². The number of nitrogens with zero attached hydrogens (tertiary/aromatic N) is 2. The number of hydrogen-bond donors (Lipinski definition) is 3. The Balaban J connectivity index is 1.70. The van der Waals surface area contributed by atoms with Gasteiger partial charge in [-0.05, 0) is 32.6 Å². The maximum absolute atomic E-state index is 12.1. The summed E-state index contributed by atoms with van der Waals surface area (Å²) in [6.45, 7) is 1.68. The van der Waals surface area contributed by atoms with E-state index in [-0.39, 0.29) is 11.9 Å². The van der Waals surface area contributed by atoms with Gasteiger partial charge in [-0.2, -0.15) is 0 Å². The van der Waals surface area contributed by atoms with E-state index < -0.39 is 17.3 Å². The first-order chi connectivity index (χ1) is 9.50. The third-order valence-corrected chi connectivity index (χ3v) is 4.42. The van der Waals surface area contributed by atoms with Crippen LogP contribution in [0.1, 0.15) is 61.4 Å². The summed E-state index contributed by atoms with van der Waals surface area (Å²) >= 11 is 0. The molecule has 2 fully saturated rings. The third-order valence-electron chi connectivity index (χ3n) is 4.42. The molecule has 7 nitrogen and oxygen atoms in total. The second-order valence-corrected chi connectivity index (χ2v) is 5.96. The minimum Gasteiger partial charge on any atom is -0.481 e. The Morgan fingerprint density at radius 1 is 1.40 bits per heavy atom. The smallest absolute Gasteiger partial charge is 0.311 e. The van der Waals surface area contributed by atoms with Crippen molar-refractivity contribution < 1.29 is 14.7 Å². The van der Waals surface area contributed by atoms with Crippen LogP contribution in [0.3, 0.4) is 0 Å². The summed E-state index contributed by atoms with van der Waals surface area (Å²) in [7, 11) is 0. The van der Waals surface area contributed by atoms with Crippen LogP contribution in [0.2, 0.25) is 0 Å². The topological polar surface area (TPSA) is 108 Å². The lowest BCUT2D eigenvalue weighted by molar-refractivity contribution is -0.148. The van der Waals surface area contributed by atoms with E-state index in [0.29, 0.717) is 18.8 Å². The van der Waals surface area contributed by atoms with E-state index in [4.69, 9.17) is 0 Å². The Morgan fingerprint density at radius 2 is 2.15 bits per heavy atom. The average molecular weight is 278 g/mol. The molecule has 0 bridgehead atoms. The zero-order chi connectivity index (χ0) is 14.3. The van der Waals surface area contributed by atoms with Gasteiger partial charge in [0.2, 0.25) is 5.82 Å². The number of aliphatic carboxylic acids is 1. The van der Waals surface area contributed by atoms with Crippen molar-refractivity contribution in [2.75, 3.05) is 0 Å². The molecule has 2 atom stereocenters. The highest BCUT2D eigenvalue weighted by molar-refractivity contribution is 5.91. The summed E-state index contributed by atoms with van der Waals surface area (Å²) in [4.78, 5) is 27.7. The number of nitrogens with one attached hydrogen (secondary N) is 2. The van der Waals surface area contributed by atoms with E-state index in [1.807, 2.05) is 0 Å². The Kier molecular flexibility index (Phi) is 2.99. The van der Waals surface area contributed by atoms with Gasteiger partial charge in [0.1, 0.15) is 5.82 Å². The Morgan fingerprint density at radius 3 is 2.80 bits per heavy atom. The number of carboxylic acid groups (broad SMARTS) is 1. The molecule has 1 amide bonds. The largest absolute Gasteiger partial charge is 0.481 e. The minimum atomic E-state index is -0.898. The fourth-order valence-electron chi connectivity index (χ4n) is 2.79. The predicted molar refractivity (Wildman–Crippen MR) is 69.2 cm³/mol. The molecule has 7 heteroatoms. The monoisotopic (exact) mass is 278 g/mol. The predicted octanol–water partition coefficient (Wildman–Crippen LogP) is 1.06. The molecule has 1 aromatic rings. The number of carbonyl (C=O) groups is 2. The zero-order valence-electron chi connectivity index (χ0n) is 11.3. The molecule has 0 aliphatic heterocycles. The van der Waals surface area contributed by atoms with Gasteiger partial charge in [0.25, 0.3) is 5.91 Å². The summed E-state index contributed by atoms with van der Waals surface area (Å²) in [5, 5.41) is 18.8. The molecule has 0 saturated heterocycles. The molecule has 0 spiro atoms. The van der Waals surface area contributed by atoms with Gasteiger partial charge in [-0.3, -0.25) is 14.7 Å². The van der Waals surface area contributed by atoms with E-state index in [2.05, 4.69) is 20.5 Å². The fraction of sp³-hybridized carbons (Fsp3) is 0.692. The standard InChI is InChI=1S/C13H18N4O3/c1-13(12(19)20)6-2-3-8(13)14-11(18)10-15-9(16-17-10)7-4-5-7/h7-8H,2-6H2,1H3,(H,14,18)(H,19,20)(H,15,16,17). The highest BCUT2D eigenvalue weighted by atomic mass is 16.4. The molecule has 3 rings (SSSR count). The van der Waals surface area contributed by atoms with Gasteiger partial charge in [0, 0.05) is 12.0 Å². The molecule has 2 aliphatic rings. The molecule has 0 aromatic carbocycles. The van der Waals surface area contributed by atoms with Gasteiger partial charge >= 0.3 is 5.97 Å². The highest BCUT2D eigenvalue weighted by Gasteiger charge is 2.46. The molecular weight excluding hydrogens is 260 g/mol. The first-order valence-electron chi connectivity index (χ1n) is 6.97. The van der Waals surface area contributed by atoms with Crippen LogP contribution < -0.4 is 5.32 Å². The third kappa shape index (κ3) is 2.17. The molecule has 2 unspecified atom stereocenters. The van der Waals surface area contributed by atoms with E-state index in [9.17, 15) is 14.7 Å². The molecule has 2 saturated carbocycles. The molecule has 1 aromatic heterocycles. The second-order valence-electron chi connectivity index (χ2n) is 5.96. The van der Waals surface area contributed by atoms with Crippen LogP contribution in [0.25, 0.3) is 0 Å². The van der Waals surface area contributed by atoms with Crippen LogP contribution in [-0.2, 0) is 4.79 Å². The Bertz CT molecular complexity index is 552. The zero-order valence-corrected chi connectivity index (χ0v) is 11.3. The lowest BCUT2D eigenvalue weighted by Crippen LogP contribution is -2.47. The number of carboxylic acids is 1. The van der Waals surface area contributed by atoms with E-state index in [1.54, 1.807) is 6.92 Å². The van der Waals surface area contributed by atoms with E-state index in [0.717, 1.165) is 25.1 Å². The van der Waals surface area contributed by atoms with Gasteiger partial charge in [0.05, 0.1) is 5.41 Å². The van der Waals surface area contributed by atoms with Crippen LogP contribution in [0.4, 0.5) is 0 Å². The van der Waals surface area contributed by atoms with Crippen molar-refractivity contribution in [2.24, 2.45) is 5.41 Å². The number of amides is 1. The molecular formula is C13H18N4O3. The Labute approximate surface area is 116 Å².